The van der Waals surface area contributed by atoms with Crippen molar-refractivity contribution >= 4 is 35.4 Å². The van der Waals surface area contributed by atoms with E-state index in [2.05, 4.69) is 4.98 Å². The molecule has 1 amide bonds. The number of aromatic nitrogens is 1. The number of nitrogens with zero attached hydrogens (tertiary/aromatic N) is 3. The van der Waals surface area contributed by atoms with E-state index in [0.717, 1.165) is 5.56 Å². The molecule has 2 aliphatic heterocycles. The Morgan fingerprint density at radius 2 is 2.07 bits per heavy atom. The third-order valence-corrected chi connectivity index (χ3v) is 5.63. The molecule has 0 spiro atoms. The average molecular weight is 425 g/mol. The SMILES string of the molecule is COc1ccc(C=C2C(=O)N3C(C(=O)OCc4ccc([N+](=O)[O-])cc4)=CS[C@H]23)cn1. The van der Waals surface area contributed by atoms with Crippen LogP contribution in [0.4, 0.5) is 5.69 Å². The number of carbonyl (C=O) groups excluding carboxylic acids is 2. The van der Waals surface area contributed by atoms with Crippen LogP contribution in [-0.2, 0) is 20.9 Å². The number of thioether (sulfide) groups is 1. The van der Waals surface area contributed by atoms with Gasteiger partial charge < -0.3 is 9.47 Å². The molecule has 9 nitrogen and oxygen atoms in total. The number of ether oxygens (including phenoxy) is 2. The van der Waals surface area contributed by atoms with E-state index in [9.17, 15) is 19.7 Å². The standard InChI is InChI=1S/C20H15N3O6S/c1-28-17-7-4-13(9-21-17)8-15-18(24)22-16(11-30-19(15)22)20(25)29-10-12-2-5-14(6-3-12)23(26)27/h2-9,11,19H,10H2,1H3/t19-/m1/s1. The zero-order valence-corrected chi connectivity index (χ0v) is 16.5. The van der Waals surface area contributed by atoms with E-state index < -0.39 is 10.9 Å². The Hall–Kier alpha value is -3.66. The van der Waals surface area contributed by atoms with Crippen molar-refractivity contribution in [1.29, 1.82) is 0 Å². The van der Waals surface area contributed by atoms with Crippen molar-refractivity contribution in [2.75, 3.05) is 7.11 Å². The lowest BCUT2D eigenvalue weighted by Gasteiger charge is -2.37. The predicted molar refractivity (Wildman–Crippen MR) is 108 cm³/mol. The number of benzene rings is 1. The molecule has 30 heavy (non-hydrogen) atoms. The Bertz CT molecular complexity index is 1080. The van der Waals surface area contributed by atoms with Gasteiger partial charge in [-0.1, -0.05) is 0 Å². The Kier molecular flexibility index (Phi) is 5.23. The zero-order valence-electron chi connectivity index (χ0n) is 15.7. The third-order valence-electron chi connectivity index (χ3n) is 4.55. The molecule has 10 heteroatoms. The first-order chi connectivity index (χ1) is 14.5. The molecular weight excluding hydrogens is 410 g/mol. The van der Waals surface area contributed by atoms with Crippen LogP contribution in [0.3, 0.4) is 0 Å². The van der Waals surface area contributed by atoms with Crippen molar-refractivity contribution in [2.24, 2.45) is 0 Å². The number of hydrogen-bond acceptors (Lipinski definition) is 8. The van der Waals surface area contributed by atoms with Gasteiger partial charge in [-0.15, -0.1) is 11.8 Å². The van der Waals surface area contributed by atoms with E-state index in [1.165, 1.54) is 48.0 Å². The summed E-state index contributed by atoms with van der Waals surface area (Å²) in [5.74, 6) is -0.408. The summed E-state index contributed by atoms with van der Waals surface area (Å²) in [4.78, 5) is 40.7. The van der Waals surface area contributed by atoms with Crippen LogP contribution in [0.15, 0.2) is 59.3 Å². The molecule has 1 aromatic heterocycles. The van der Waals surface area contributed by atoms with Crippen LogP contribution in [-0.4, -0.2) is 39.2 Å². The van der Waals surface area contributed by atoms with Crippen LogP contribution in [0.5, 0.6) is 5.88 Å². The number of carbonyl (C=O) groups is 2. The lowest BCUT2D eigenvalue weighted by atomic mass is 10.0. The molecule has 0 bridgehead atoms. The zero-order chi connectivity index (χ0) is 21.3. The number of pyridine rings is 1. The normalized spacial score (nSPS) is 18.5. The van der Waals surface area contributed by atoms with Crippen LogP contribution in [0, 0.1) is 10.1 Å². The fourth-order valence-electron chi connectivity index (χ4n) is 2.97. The minimum atomic E-state index is -0.623. The smallest absolute Gasteiger partial charge is 0.355 e. The third kappa shape index (κ3) is 3.64. The highest BCUT2D eigenvalue weighted by Gasteiger charge is 2.49. The second kappa shape index (κ2) is 7.99. The van der Waals surface area contributed by atoms with E-state index in [1.807, 2.05) is 0 Å². The number of amides is 1. The molecule has 0 unspecified atom stereocenters. The van der Waals surface area contributed by atoms with Crippen LogP contribution in [0.25, 0.3) is 6.08 Å². The molecule has 0 saturated carbocycles. The highest BCUT2D eigenvalue weighted by molar-refractivity contribution is 8.03. The minimum Gasteiger partial charge on any atom is -0.481 e. The maximum atomic E-state index is 12.5. The molecule has 2 aliphatic rings. The van der Waals surface area contributed by atoms with Crippen molar-refractivity contribution in [3.8, 4) is 5.88 Å². The molecular formula is C20H15N3O6S. The summed E-state index contributed by atoms with van der Waals surface area (Å²) >= 11 is 1.35. The molecule has 1 aromatic carbocycles. The molecule has 1 atom stereocenters. The minimum absolute atomic E-state index is 0.0413. The highest BCUT2D eigenvalue weighted by atomic mass is 32.2. The summed E-state index contributed by atoms with van der Waals surface area (Å²) in [6.45, 7) is -0.0499. The quantitative estimate of drug-likeness (QED) is 0.228. The number of hydrogen-bond donors (Lipinski definition) is 0. The predicted octanol–water partition coefficient (Wildman–Crippen LogP) is 2.88. The van der Waals surface area contributed by atoms with Crippen LogP contribution >= 0.6 is 11.8 Å². The number of rotatable bonds is 6. The van der Waals surface area contributed by atoms with Gasteiger partial charge in [0.15, 0.2) is 0 Å². The summed E-state index contributed by atoms with van der Waals surface area (Å²) < 4.78 is 10.3. The van der Waals surface area contributed by atoms with Crippen molar-refractivity contribution in [1.82, 2.24) is 9.88 Å². The molecule has 0 radical (unpaired) electrons. The second-order valence-corrected chi connectivity index (χ2v) is 7.35. The number of β-lactam (4-membered cyclic amide) rings is 1. The molecule has 4 rings (SSSR count). The Labute approximate surface area is 175 Å². The van der Waals surface area contributed by atoms with Gasteiger partial charge in [0.05, 0.1) is 17.6 Å². The number of nitro benzene ring substituents is 1. The van der Waals surface area contributed by atoms with Crippen LogP contribution in [0.2, 0.25) is 0 Å². The van der Waals surface area contributed by atoms with Gasteiger partial charge in [-0.2, -0.15) is 0 Å². The molecule has 3 heterocycles. The summed E-state index contributed by atoms with van der Waals surface area (Å²) in [6.07, 6.45) is 3.34. The van der Waals surface area contributed by atoms with Gasteiger partial charge in [-0.25, -0.2) is 9.78 Å². The molecule has 2 aromatic rings. The van der Waals surface area contributed by atoms with Gasteiger partial charge in [-0.3, -0.25) is 19.8 Å². The summed E-state index contributed by atoms with van der Waals surface area (Å²) in [6, 6.07) is 9.21. The van der Waals surface area contributed by atoms with E-state index in [1.54, 1.807) is 29.8 Å². The van der Waals surface area contributed by atoms with Crippen molar-refractivity contribution in [2.45, 2.75) is 12.0 Å². The average Bonchev–Trinajstić information content (AvgIpc) is 3.17. The fraction of sp³-hybridized carbons (Fsp3) is 0.150. The van der Waals surface area contributed by atoms with Gasteiger partial charge in [0, 0.05) is 29.8 Å². The second-order valence-electron chi connectivity index (χ2n) is 6.40. The largest absolute Gasteiger partial charge is 0.481 e. The summed E-state index contributed by atoms with van der Waals surface area (Å²) in [7, 11) is 1.52. The van der Waals surface area contributed by atoms with E-state index in [4.69, 9.17) is 9.47 Å². The maximum absolute atomic E-state index is 12.5. The highest BCUT2D eigenvalue weighted by Crippen LogP contribution is 2.45. The fourth-order valence-corrected chi connectivity index (χ4v) is 4.09. The van der Waals surface area contributed by atoms with Gasteiger partial charge in [-0.05, 0) is 35.4 Å². The lowest BCUT2D eigenvalue weighted by Crippen LogP contribution is -2.51. The molecule has 1 fully saturated rings. The molecule has 1 saturated heterocycles. The molecule has 152 valence electrons. The number of methoxy groups -OCH3 is 1. The lowest BCUT2D eigenvalue weighted by molar-refractivity contribution is -0.384. The Morgan fingerprint density at radius 3 is 2.70 bits per heavy atom. The van der Waals surface area contributed by atoms with Gasteiger partial charge in [0.2, 0.25) is 5.88 Å². The molecule has 0 aliphatic carbocycles. The van der Waals surface area contributed by atoms with Crippen molar-refractivity contribution in [3.05, 3.63) is 80.5 Å². The van der Waals surface area contributed by atoms with Gasteiger partial charge in [0.1, 0.15) is 17.7 Å². The van der Waals surface area contributed by atoms with Crippen LogP contribution < -0.4 is 4.74 Å². The van der Waals surface area contributed by atoms with E-state index >= 15 is 0 Å². The van der Waals surface area contributed by atoms with Gasteiger partial charge in [0.25, 0.3) is 11.6 Å². The van der Waals surface area contributed by atoms with Crippen LogP contribution in [0.1, 0.15) is 11.1 Å². The maximum Gasteiger partial charge on any atom is 0.355 e. The molecule has 0 N–H and O–H groups in total. The number of non-ortho nitro benzene ring substituents is 1. The van der Waals surface area contributed by atoms with Crippen molar-refractivity contribution in [3.63, 3.8) is 0 Å². The number of nitro groups is 1. The van der Waals surface area contributed by atoms with Crippen molar-refractivity contribution < 1.29 is 24.0 Å². The topological polar surface area (TPSA) is 112 Å². The van der Waals surface area contributed by atoms with Gasteiger partial charge >= 0.3 is 5.97 Å². The number of esters is 1. The first kappa shape index (κ1) is 19.6. The van der Waals surface area contributed by atoms with E-state index in [0.29, 0.717) is 17.0 Å². The Morgan fingerprint density at radius 1 is 1.30 bits per heavy atom. The first-order valence-corrected chi connectivity index (χ1v) is 9.73. The Balaban J connectivity index is 1.38. The van der Waals surface area contributed by atoms with E-state index in [-0.39, 0.29) is 29.3 Å². The first-order valence-electron chi connectivity index (χ1n) is 8.79. The monoisotopic (exact) mass is 425 g/mol. The summed E-state index contributed by atoms with van der Waals surface area (Å²) in [5.41, 5.74) is 2.08. The number of fused-ring (bicyclic) bond motifs is 1. The summed E-state index contributed by atoms with van der Waals surface area (Å²) in [5, 5.41) is 12.0.